The Kier molecular flexibility index (Phi) is 6.13. The molecular weight excluding hydrogens is 334 g/mol. The van der Waals surface area contributed by atoms with Crippen LogP contribution in [0, 0.1) is 0 Å². The van der Waals surface area contributed by atoms with Gasteiger partial charge in [0, 0.05) is 13.1 Å². The molecule has 3 rings (SSSR count). The van der Waals surface area contributed by atoms with Crippen molar-refractivity contribution in [3.63, 3.8) is 0 Å². The molecule has 0 aliphatic heterocycles. The number of amides is 1. The molecule has 1 heterocycles. The zero-order chi connectivity index (χ0) is 17.6. The Morgan fingerprint density at radius 1 is 1.20 bits per heavy atom. The number of para-hydroxylation sites is 1. The van der Waals surface area contributed by atoms with Crippen molar-refractivity contribution in [3.8, 4) is 0 Å². The number of nitrogens with one attached hydrogen (secondary N) is 1. The minimum absolute atomic E-state index is 0.0259. The van der Waals surface area contributed by atoms with Crippen molar-refractivity contribution in [2.24, 2.45) is 7.05 Å². The van der Waals surface area contributed by atoms with E-state index in [9.17, 15) is 9.59 Å². The van der Waals surface area contributed by atoms with E-state index in [4.69, 9.17) is 0 Å². The third kappa shape index (κ3) is 4.63. The molecule has 0 saturated heterocycles. The standard InChI is InChI=1S/C19H25N3O2S/c1-22-18(24)15-11-7-8-12-16(15)21-19(22)25-13-17(23)20-14-9-5-3-2-4-6-10-14/h7-8,11-12,14H,2-6,9-10,13H2,1H3,(H,20,23). The molecule has 6 heteroatoms. The summed E-state index contributed by atoms with van der Waals surface area (Å²) in [5, 5.41) is 4.34. The van der Waals surface area contributed by atoms with Gasteiger partial charge in [-0.05, 0) is 25.0 Å². The quantitative estimate of drug-likeness (QED) is 0.672. The van der Waals surface area contributed by atoms with E-state index in [0.717, 1.165) is 12.8 Å². The van der Waals surface area contributed by atoms with Crippen molar-refractivity contribution in [1.29, 1.82) is 0 Å². The Morgan fingerprint density at radius 2 is 1.88 bits per heavy atom. The zero-order valence-corrected chi connectivity index (χ0v) is 15.5. The molecule has 1 N–H and O–H groups in total. The summed E-state index contributed by atoms with van der Waals surface area (Å²) < 4.78 is 1.52. The minimum atomic E-state index is -0.0754. The fourth-order valence-electron chi connectivity index (χ4n) is 3.33. The van der Waals surface area contributed by atoms with Crippen molar-refractivity contribution >= 4 is 28.6 Å². The molecule has 0 spiro atoms. The van der Waals surface area contributed by atoms with Crippen molar-refractivity contribution in [1.82, 2.24) is 14.9 Å². The number of carbonyl (C=O) groups is 1. The van der Waals surface area contributed by atoms with Gasteiger partial charge in [-0.25, -0.2) is 4.98 Å². The summed E-state index contributed by atoms with van der Waals surface area (Å²) in [5.41, 5.74) is 0.599. The second kappa shape index (κ2) is 8.52. The fraction of sp³-hybridized carbons (Fsp3) is 0.526. The first-order valence-electron chi connectivity index (χ1n) is 9.03. The van der Waals surface area contributed by atoms with Gasteiger partial charge < -0.3 is 5.32 Å². The highest BCUT2D eigenvalue weighted by molar-refractivity contribution is 7.99. The molecule has 1 aromatic carbocycles. The summed E-state index contributed by atoms with van der Waals surface area (Å²) in [6.45, 7) is 0. The Bertz CT molecular complexity index is 795. The predicted octanol–water partition coefficient (Wildman–Crippen LogP) is 3.25. The highest BCUT2D eigenvalue weighted by Gasteiger charge is 2.15. The first-order valence-corrected chi connectivity index (χ1v) is 10.0. The molecule has 0 atom stereocenters. The smallest absolute Gasteiger partial charge is 0.261 e. The van der Waals surface area contributed by atoms with Gasteiger partial charge in [-0.2, -0.15) is 0 Å². The maximum atomic E-state index is 12.4. The second-order valence-electron chi connectivity index (χ2n) is 6.67. The SMILES string of the molecule is Cn1c(SCC(=O)NC2CCCCCCC2)nc2ccccc2c1=O. The number of hydrogen-bond donors (Lipinski definition) is 1. The van der Waals surface area contributed by atoms with Gasteiger partial charge in [0.1, 0.15) is 0 Å². The van der Waals surface area contributed by atoms with Gasteiger partial charge in [0.05, 0.1) is 16.7 Å². The van der Waals surface area contributed by atoms with E-state index in [1.165, 1.54) is 48.4 Å². The van der Waals surface area contributed by atoms with E-state index in [2.05, 4.69) is 10.3 Å². The zero-order valence-electron chi connectivity index (χ0n) is 14.7. The molecule has 0 radical (unpaired) electrons. The van der Waals surface area contributed by atoms with Crippen LogP contribution >= 0.6 is 11.8 Å². The number of fused-ring (bicyclic) bond motifs is 1. The van der Waals surface area contributed by atoms with Crippen molar-refractivity contribution in [2.45, 2.75) is 56.1 Å². The van der Waals surface area contributed by atoms with Gasteiger partial charge in [0.2, 0.25) is 5.91 Å². The molecule has 1 saturated carbocycles. The number of aromatic nitrogens is 2. The van der Waals surface area contributed by atoms with Crippen molar-refractivity contribution in [3.05, 3.63) is 34.6 Å². The van der Waals surface area contributed by atoms with E-state index < -0.39 is 0 Å². The lowest BCUT2D eigenvalue weighted by Gasteiger charge is -2.21. The van der Waals surface area contributed by atoms with Gasteiger partial charge in [0.15, 0.2) is 5.16 Å². The molecule has 1 aromatic heterocycles. The summed E-state index contributed by atoms with van der Waals surface area (Å²) >= 11 is 1.32. The average molecular weight is 359 g/mol. The molecule has 1 amide bonds. The number of thioether (sulfide) groups is 1. The van der Waals surface area contributed by atoms with Crippen LogP contribution in [-0.2, 0) is 11.8 Å². The van der Waals surface area contributed by atoms with Crippen LogP contribution in [0.2, 0.25) is 0 Å². The lowest BCUT2D eigenvalue weighted by molar-refractivity contribution is -0.119. The molecule has 2 aromatic rings. The maximum absolute atomic E-state index is 12.4. The molecule has 25 heavy (non-hydrogen) atoms. The highest BCUT2D eigenvalue weighted by atomic mass is 32.2. The van der Waals surface area contributed by atoms with Crippen LogP contribution in [0.4, 0.5) is 0 Å². The predicted molar refractivity (Wildman–Crippen MR) is 102 cm³/mol. The summed E-state index contributed by atoms with van der Waals surface area (Å²) in [7, 11) is 1.71. The lowest BCUT2D eigenvalue weighted by atomic mass is 9.97. The Labute approximate surface area is 152 Å². The summed E-state index contributed by atoms with van der Waals surface area (Å²) in [6.07, 6.45) is 8.39. The van der Waals surface area contributed by atoms with Crippen molar-refractivity contribution in [2.75, 3.05) is 5.75 Å². The summed E-state index contributed by atoms with van der Waals surface area (Å²) in [5.74, 6) is 0.313. The second-order valence-corrected chi connectivity index (χ2v) is 7.62. The minimum Gasteiger partial charge on any atom is -0.353 e. The molecule has 0 bridgehead atoms. The van der Waals surface area contributed by atoms with Gasteiger partial charge in [0.25, 0.3) is 5.56 Å². The molecule has 1 fully saturated rings. The van der Waals surface area contributed by atoms with E-state index in [1.54, 1.807) is 13.1 Å². The Hall–Kier alpha value is -1.82. The van der Waals surface area contributed by atoms with Gasteiger partial charge >= 0.3 is 0 Å². The number of benzene rings is 1. The maximum Gasteiger partial charge on any atom is 0.261 e. The Morgan fingerprint density at radius 3 is 2.64 bits per heavy atom. The van der Waals surface area contributed by atoms with Crippen LogP contribution in [0.1, 0.15) is 44.9 Å². The molecular formula is C19H25N3O2S. The van der Waals surface area contributed by atoms with Gasteiger partial charge in [-0.15, -0.1) is 0 Å². The molecule has 5 nitrogen and oxygen atoms in total. The third-order valence-corrected chi connectivity index (χ3v) is 5.77. The number of hydrogen-bond acceptors (Lipinski definition) is 4. The van der Waals surface area contributed by atoms with Crippen LogP contribution in [-0.4, -0.2) is 27.3 Å². The van der Waals surface area contributed by atoms with Crippen molar-refractivity contribution < 1.29 is 4.79 Å². The lowest BCUT2D eigenvalue weighted by Crippen LogP contribution is -2.36. The molecule has 134 valence electrons. The summed E-state index contributed by atoms with van der Waals surface area (Å²) in [6, 6.07) is 7.60. The van der Waals surface area contributed by atoms with Crippen LogP contribution in [0.25, 0.3) is 10.9 Å². The van der Waals surface area contributed by atoms with Gasteiger partial charge in [-0.1, -0.05) is 56.0 Å². The highest BCUT2D eigenvalue weighted by Crippen LogP contribution is 2.19. The molecule has 0 unspecified atom stereocenters. The van der Waals surface area contributed by atoms with E-state index in [-0.39, 0.29) is 17.2 Å². The Balaban J connectivity index is 1.63. The van der Waals surface area contributed by atoms with Crippen LogP contribution in [0.5, 0.6) is 0 Å². The first kappa shape index (κ1) is 18.0. The molecule has 1 aliphatic carbocycles. The van der Waals surface area contributed by atoms with E-state index >= 15 is 0 Å². The molecule has 1 aliphatic rings. The van der Waals surface area contributed by atoms with Crippen LogP contribution in [0.3, 0.4) is 0 Å². The van der Waals surface area contributed by atoms with E-state index in [1.807, 2.05) is 18.2 Å². The van der Waals surface area contributed by atoms with Crippen LogP contribution in [0.15, 0.2) is 34.2 Å². The average Bonchev–Trinajstić information content (AvgIpc) is 2.59. The normalized spacial score (nSPS) is 16.4. The van der Waals surface area contributed by atoms with Gasteiger partial charge in [-0.3, -0.25) is 14.2 Å². The summed E-state index contributed by atoms with van der Waals surface area (Å²) in [4.78, 5) is 29.2. The third-order valence-electron chi connectivity index (χ3n) is 4.74. The number of carbonyl (C=O) groups excluding carboxylic acids is 1. The van der Waals surface area contributed by atoms with E-state index in [0.29, 0.717) is 22.1 Å². The number of rotatable bonds is 4. The first-order chi connectivity index (χ1) is 12.1. The number of nitrogens with zero attached hydrogens (tertiary/aromatic N) is 2. The fourth-order valence-corrected chi connectivity index (χ4v) is 4.11. The van der Waals surface area contributed by atoms with Crippen LogP contribution < -0.4 is 10.9 Å². The topological polar surface area (TPSA) is 64.0 Å². The monoisotopic (exact) mass is 359 g/mol. The largest absolute Gasteiger partial charge is 0.353 e.